The predicted molar refractivity (Wildman–Crippen MR) is 70.6 cm³/mol. The van der Waals surface area contributed by atoms with Crippen LogP contribution in [0.1, 0.15) is 38.2 Å². The van der Waals surface area contributed by atoms with Gasteiger partial charge in [-0.25, -0.2) is 0 Å². The number of nitrogen functional groups attached to an aromatic ring is 1. The molecule has 2 nitrogen and oxygen atoms in total. The summed E-state index contributed by atoms with van der Waals surface area (Å²) >= 11 is 0. The van der Waals surface area contributed by atoms with Crippen LogP contribution in [0.3, 0.4) is 0 Å². The fourth-order valence-electron chi connectivity index (χ4n) is 2.57. The van der Waals surface area contributed by atoms with Gasteiger partial charge in [-0.15, -0.1) is 0 Å². The van der Waals surface area contributed by atoms with Crippen LogP contribution >= 0.6 is 0 Å². The lowest BCUT2D eigenvalue weighted by Gasteiger charge is -2.28. The summed E-state index contributed by atoms with van der Waals surface area (Å²) in [6, 6.07) is 6.87. The molecule has 0 aliphatic heterocycles. The SMILES string of the molecule is Cc1cc(NC2CCCC(C)C2)ccc1N. The summed E-state index contributed by atoms with van der Waals surface area (Å²) in [5.74, 6) is 0.862. The van der Waals surface area contributed by atoms with E-state index in [1.165, 1.54) is 31.4 Å². The highest BCUT2D eigenvalue weighted by Crippen LogP contribution is 2.27. The highest BCUT2D eigenvalue weighted by atomic mass is 14.9. The van der Waals surface area contributed by atoms with Gasteiger partial charge in [0.2, 0.25) is 0 Å². The summed E-state index contributed by atoms with van der Waals surface area (Å²) in [6.45, 7) is 4.41. The van der Waals surface area contributed by atoms with Crippen molar-refractivity contribution in [3.05, 3.63) is 23.8 Å². The quantitative estimate of drug-likeness (QED) is 0.745. The zero-order valence-electron chi connectivity index (χ0n) is 10.3. The molecule has 2 rings (SSSR count). The summed E-state index contributed by atoms with van der Waals surface area (Å²) in [5, 5.41) is 3.62. The van der Waals surface area contributed by atoms with Gasteiger partial charge in [0.15, 0.2) is 0 Å². The third kappa shape index (κ3) is 2.69. The van der Waals surface area contributed by atoms with E-state index in [9.17, 15) is 0 Å². The third-order valence-electron chi connectivity index (χ3n) is 3.58. The van der Waals surface area contributed by atoms with E-state index in [0.29, 0.717) is 6.04 Å². The van der Waals surface area contributed by atoms with Crippen LogP contribution in [0.4, 0.5) is 11.4 Å². The van der Waals surface area contributed by atoms with Crippen LogP contribution in [0.25, 0.3) is 0 Å². The second-order valence-corrected chi connectivity index (χ2v) is 5.18. The second-order valence-electron chi connectivity index (χ2n) is 5.18. The lowest BCUT2D eigenvalue weighted by Crippen LogP contribution is -2.26. The fraction of sp³-hybridized carbons (Fsp3) is 0.571. The van der Waals surface area contributed by atoms with Crippen LogP contribution in [0, 0.1) is 12.8 Å². The first-order valence-electron chi connectivity index (χ1n) is 6.28. The largest absolute Gasteiger partial charge is 0.399 e. The average molecular weight is 218 g/mol. The minimum atomic E-state index is 0.645. The van der Waals surface area contributed by atoms with Crippen LogP contribution in [0.5, 0.6) is 0 Å². The molecule has 1 aromatic carbocycles. The molecule has 88 valence electrons. The summed E-state index contributed by atoms with van der Waals surface area (Å²) in [5.41, 5.74) is 9.07. The molecule has 0 saturated heterocycles. The zero-order valence-corrected chi connectivity index (χ0v) is 10.3. The first kappa shape index (κ1) is 11.3. The first-order valence-corrected chi connectivity index (χ1v) is 6.28. The number of aryl methyl sites for hydroxylation is 1. The molecule has 3 N–H and O–H groups in total. The maximum atomic E-state index is 5.82. The van der Waals surface area contributed by atoms with Gasteiger partial charge in [-0.1, -0.05) is 19.8 Å². The molecule has 1 aliphatic rings. The van der Waals surface area contributed by atoms with Gasteiger partial charge in [0.05, 0.1) is 0 Å². The number of nitrogens with two attached hydrogens (primary N) is 1. The van der Waals surface area contributed by atoms with E-state index in [1.807, 2.05) is 6.07 Å². The first-order chi connectivity index (χ1) is 7.65. The molecule has 0 amide bonds. The molecular weight excluding hydrogens is 196 g/mol. The molecule has 16 heavy (non-hydrogen) atoms. The highest BCUT2D eigenvalue weighted by molar-refractivity contribution is 5.57. The minimum Gasteiger partial charge on any atom is -0.399 e. The van der Waals surface area contributed by atoms with Crippen molar-refractivity contribution in [1.29, 1.82) is 0 Å². The molecule has 2 heteroatoms. The maximum absolute atomic E-state index is 5.82. The number of benzene rings is 1. The van der Waals surface area contributed by atoms with E-state index in [-0.39, 0.29) is 0 Å². The van der Waals surface area contributed by atoms with Gasteiger partial charge < -0.3 is 11.1 Å². The highest BCUT2D eigenvalue weighted by Gasteiger charge is 2.18. The van der Waals surface area contributed by atoms with Gasteiger partial charge in [0.25, 0.3) is 0 Å². The minimum absolute atomic E-state index is 0.645. The van der Waals surface area contributed by atoms with Crippen molar-refractivity contribution in [3.8, 4) is 0 Å². The molecule has 2 atom stereocenters. The molecule has 2 unspecified atom stereocenters. The molecule has 0 spiro atoms. The van der Waals surface area contributed by atoms with Crippen molar-refractivity contribution >= 4 is 11.4 Å². The van der Waals surface area contributed by atoms with Crippen molar-refractivity contribution in [2.24, 2.45) is 5.92 Å². The Kier molecular flexibility index (Phi) is 3.37. The Hall–Kier alpha value is -1.18. The number of hydrogen-bond acceptors (Lipinski definition) is 2. The van der Waals surface area contributed by atoms with Crippen molar-refractivity contribution < 1.29 is 0 Å². The van der Waals surface area contributed by atoms with Crippen LogP contribution in [-0.2, 0) is 0 Å². The number of rotatable bonds is 2. The Balaban J connectivity index is 2.00. The number of nitrogens with one attached hydrogen (secondary N) is 1. The normalized spacial score (nSPS) is 25.4. The van der Waals surface area contributed by atoms with Crippen LogP contribution in [0.15, 0.2) is 18.2 Å². The van der Waals surface area contributed by atoms with E-state index in [1.54, 1.807) is 0 Å². The summed E-state index contributed by atoms with van der Waals surface area (Å²) in [4.78, 5) is 0. The predicted octanol–water partition coefficient (Wildman–Crippen LogP) is 3.57. The molecule has 0 heterocycles. The van der Waals surface area contributed by atoms with Crippen LogP contribution < -0.4 is 11.1 Å². The van der Waals surface area contributed by atoms with Gasteiger partial charge in [0.1, 0.15) is 0 Å². The monoisotopic (exact) mass is 218 g/mol. The van der Waals surface area contributed by atoms with Crippen molar-refractivity contribution in [2.75, 3.05) is 11.1 Å². The van der Waals surface area contributed by atoms with Gasteiger partial charge in [-0.2, -0.15) is 0 Å². The molecule has 1 saturated carbocycles. The van der Waals surface area contributed by atoms with E-state index in [0.717, 1.165) is 17.2 Å². The lowest BCUT2D eigenvalue weighted by atomic mass is 9.87. The smallest absolute Gasteiger partial charge is 0.0346 e. The molecule has 0 radical (unpaired) electrons. The van der Waals surface area contributed by atoms with Gasteiger partial charge in [0, 0.05) is 17.4 Å². The number of anilines is 2. The van der Waals surface area contributed by atoms with E-state index < -0.39 is 0 Å². The third-order valence-corrected chi connectivity index (χ3v) is 3.58. The Labute approximate surface area is 98.2 Å². The van der Waals surface area contributed by atoms with E-state index in [4.69, 9.17) is 5.73 Å². The van der Waals surface area contributed by atoms with Crippen molar-refractivity contribution in [1.82, 2.24) is 0 Å². The van der Waals surface area contributed by atoms with Gasteiger partial charge >= 0.3 is 0 Å². The second kappa shape index (κ2) is 4.77. The van der Waals surface area contributed by atoms with Crippen LogP contribution in [-0.4, -0.2) is 6.04 Å². The van der Waals surface area contributed by atoms with Gasteiger partial charge in [-0.05, 0) is 49.4 Å². The summed E-state index contributed by atoms with van der Waals surface area (Å²) in [6.07, 6.45) is 5.34. The molecule has 1 aliphatic carbocycles. The molecule has 0 bridgehead atoms. The van der Waals surface area contributed by atoms with Crippen molar-refractivity contribution in [2.45, 2.75) is 45.6 Å². The van der Waals surface area contributed by atoms with E-state index >= 15 is 0 Å². The average Bonchev–Trinajstić information content (AvgIpc) is 2.24. The van der Waals surface area contributed by atoms with E-state index in [2.05, 4.69) is 31.3 Å². The topological polar surface area (TPSA) is 38.0 Å². The van der Waals surface area contributed by atoms with Crippen LogP contribution in [0.2, 0.25) is 0 Å². The Morgan fingerprint density at radius 3 is 2.81 bits per heavy atom. The Morgan fingerprint density at radius 1 is 1.31 bits per heavy atom. The Bertz CT molecular complexity index is 360. The Morgan fingerprint density at radius 2 is 2.12 bits per heavy atom. The maximum Gasteiger partial charge on any atom is 0.0346 e. The molecule has 0 aromatic heterocycles. The molecular formula is C14H22N2. The summed E-state index contributed by atoms with van der Waals surface area (Å²) in [7, 11) is 0. The van der Waals surface area contributed by atoms with Gasteiger partial charge in [-0.3, -0.25) is 0 Å². The lowest BCUT2D eigenvalue weighted by molar-refractivity contribution is 0.358. The summed E-state index contributed by atoms with van der Waals surface area (Å²) < 4.78 is 0. The molecule has 1 fully saturated rings. The van der Waals surface area contributed by atoms with Crippen molar-refractivity contribution in [3.63, 3.8) is 0 Å². The standard InChI is InChI=1S/C14H22N2/c1-10-4-3-5-12(8-10)16-13-6-7-14(15)11(2)9-13/h6-7,9-10,12,16H,3-5,8,15H2,1-2H3. The zero-order chi connectivity index (χ0) is 11.5. The molecule has 1 aromatic rings. The fourth-order valence-corrected chi connectivity index (χ4v) is 2.57. The number of hydrogen-bond donors (Lipinski definition) is 2.